The van der Waals surface area contributed by atoms with Crippen LogP contribution < -0.4 is 11.1 Å². The Morgan fingerprint density at radius 1 is 1.47 bits per heavy atom. The molecule has 0 saturated carbocycles. The fraction of sp³-hybridized carbons (Fsp3) is 0.818. The normalized spacial score (nSPS) is 26.1. The second-order valence-electron chi connectivity index (χ2n) is 4.78. The monoisotopic (exact) mass is 243 g/mol. The van der Waals surface area contributed by atoms with Crippen molar-refractivity contribution in [3.05, 3.63) is 0 Å². The molecule has 1 aliphatic heterocycles. The number of nitrogens with two attached hydrogens (primary N) is 1. The Balaban J connectivity index is 2.80. The highest BCUT2D eigenvalue weighted by Crippen LogP contribution is 2.20. The number of carbonyl (C=O) groups excluding carboxylic acids is 2. The van der Waals surface area contributed by atoms with Crippen molar-refractivity contribution in [1.82, 2.24) is 10.2 Å². The Morgan fingerprint density at radius 2 is 2.06 bits per heavy atom. The van der Waals surface area contributed by atoms with E-state index in [1.165, 1.54) is 11.9 Å². The number of nitrogens with zero attached hydrogens (tertiary/aromatic N) is 1. The van der Waals surface area contributed by atoms with E-state index >= 15 is 0 Å². The summed E-state index contributed by atoms with van der Waals surface area (Å²) < 4.78 is 0. The zero-order chi connectivity index (χ0) is 13.2. The van der Waals surface area contributed by atoms with Crippen LogP contribution in [0.3, 0.4) is 0 Å². The molecule has 1 saturated heterocycles. The van der Waals surface area contributed by atoms with Gasteiger partial charge in [-0.2, -0.15) is 0 Å². The lowest BCUT2D eigenvalue weighted by atomic mass is 10.0. The molecule has 0 aromatic rings. The fourth-order valence-corrected chi connectivity index (χ4v) is 1.95. The summed E-state index contributed by atoms with van der Waals surface area (Å²) in [6, 6.07) is -1.24. The minimum absolute atomic E-state index is 0.00517. The van der Waals surface area contributed by atoms with Crippen molar-refractivity contribution in [2.24, 2.45) is 11.7 Å². The third-order valence-electron chi connectivity index (χ3n) is 3.11. The molecular weight excluding hydrogens is 222 g/mol. The summed E-state index contributed by atoms with van der Waals surface area (Å²) in [7, 11) is 1.51. The van der Waals surface area contributed by atoms with Gasteiger partial charge in [0.25, 0.3) is 0 Å². The molecule has 2 amide bonds. The predicted octanol–water partition coefficient (Wildman–Crippen LogP) is -1.32. The molecule has 6 heteroatoms. The van der Waals surface area contributed by atoms with Gasteiger partial charge in [0.15, 0.2) is 0 Å². The quantitative estimate of drug-likeness (QED) is 0.573. The maximum absolute atomic E-state index is 12.1. The number of likely N-dealkylation sites (tertiary alicyclic amines) is 1. The first-order valence-electron chi connectivity index (χ1n) is 5.84. The van der Waals surface area contributed by atoms with E-state index in [-0.39, 0.29) is 30.7 Å². The molecule has 6 nitrogen and oxygen atoms in total. The minimum Gasteiger partial charge on any atom is -0.391 e. The van der Waals surface area contributed by atoms with Gasteiger partial charge in [-0.1, -0.05) is 13.8 Å². The molecule has 1 fully saturated rings. The number of β-amino-alcohol motifs (C(OH)–C–C–N with tert-alkyl or cyclic N) is 1. The third kappa shape index (κ3) is 2.95. The Morgan fingerprint density at radius 3 is 2.53 bits per heavy atom. The Labute approximate surface area is 101 Å². The van der Waals surface area contributed by atoms with Crippen molar-refractivity contribution < 1.29 is 14.7 Å². The summed E-state index contributed by atoms with van der Waals surface area (Å²) >= 11 is 0. The van der Waals surface area contributed by atoms with Gasteiger partial charge < -0.3 is 21.1 Å². The van der Waals surface area contributed by atoms with Crippen LogP contribution in [0, 0.1) is 5.92 Å². The molecule has 4 N–H and O–H groups in total. The van der Waals surface area contributed by atoms with Gasteiger partial charge in [-0.15, -0.1) is 0 Å². The van der Waals surface area contributed by atoms with Crippen LogP contribution in [-0.4, -0.2) is 53.6 Å². The molecule has 0 radical (unpaired) electrons. The molecule has 17 heavy (non-hydrogen) atoms. The van der Waals surface area contributed by atoms with Gasteiger partial charge in [-0.05, 0) is 5.92 Å². The van der Waals surface area contributed by atoms with Crippen LogP contribution in [0.5, 0.6) is 0 Å². The Hall–Kier alpha value is -1.14. The van der Waals surface area contributed by atoms with Crippen LogP contribution in [0.1, 0.15) is 20.3 Å². The predicted molar refractivity (Wildman–Crippen MR) is 63.0 cm³/mol. The summed E-state index contributed by atoms with van der Waals surface area (Å²) in [5.74, 6) is -0.526. The van der Waals surface area contributed by atoms with Gasteiger partial charge in [0.1, 0.15) is 6.04 Å². The van der Waals surface area contributed by atoms with E-state index in [9.17, 15) is 14.7 Å². The lowest BCUT2D eigenvalue weighted by Crippen LogP contribution is -2.52. The molecule has 1 heterocycles. The van der Waals surface area contributed by atoms with Crippen LogP contribution in [0.2, 0.25) is 0 Å². The lowest BCUT2D eigenvalue weighted by molar-refractivity contribution is -0.140. The number of hydrogen-bond acceptors (Lipinski definition) is 4. The van der Waals surface area contributed by atoms with Crippen molar-refractivity contribution in [3.63, 3.8) is 0 Å². The highest BCUT2D eigenvalue weighted by molar-refractivity contribution is 5.90. The molecule has 0 aliphatic carbocycles. The second-order valence-corrected chi connectivity index (χ2v) is 4.78. The molecule has 1 aliphatic rings. The van der Waals surface area contributed by atoms with E-state index in [2.05, 4.69) is 5.32 Å². The van der Waals surface area contributed by atoms with Crippen molar-refractivity contribution >= 4 is 11.8 Å². The summed E-state index contributed by atoms with van der Waals surface area (Å²) in [4.78, 5) is 25.1. The summed E-state index contributed by atoms with van der Waals surface area (Å²) in [6.07, 6.45) is -0.378. The number of aliphatic hydroxyl groups excluding tert-OH is 1. The van der Waals surface area contributed by atoms with Gasteiger partial charge in [-0.3, -0.25) is 9.59 Å². The van der Waals surface area contributed by atoms with E-state index in [1.54, 1.807) is 0 Å². The average molecular weight is 243 g/mol. The molecular formula is C11H21N3O3. The number of carbonyl (C=O) groups is 2. The van der Waals surface area contributed by atoms with Gasteiger partial charge in [0.2, 0.25) is 11.8 Å². The Bertz CT molecular complexity index is 306. The van der Waals surface area contributed by atoms with Crippen molar-refractivity contribution in [3.8, 4) is 0 Å². The van der Waals surface area contributed by atoms with E-state index in [4.69, 9.17) is 5.73 Å². The second kappa shape index (κ2) is 5.46. The number of aliphatic hydroxyl groups is 1. The van der Waals surface area contributed by atoms with Crippen molar-refractivity contribution in [1.29, 1.82) is 0 Å². The number of rotatable bonds is 3. The maximum atomic E-state index is 12.1. The van der Waals surface area contributed by atoms with Gasteiger partial charge in [0, 0.05) is 20.0 Å². The highest BCUT2D eigenvalue weighted by Gasteiger charge is 2.40. The van der Waals surface area contributed by atoms with E-state index < -0.39 is 18.2 Å². The first-order chi connectivity index (χ1) is 7.88. The van der Waals surface area contributed by atoms with Crippen molar-refractivity contribution in [2.75, 3.05) is 13.6 Å². The SMILES string of the molecule is CNC(=O)[C@H]1CC(O)CN1C(=O)C(N)C(C)C. The average Bonchev–Trinajstić information content (AvgIpc) is 2.68. The van der Waals surface area contributed by atoms with Gasteiger partial charge in [-0.25, -0.2) is 0 Å². The molecule has 98 valence electrons. The van der Waals surface area contributed by atoms with Crippen LogP contribution in [0.15, 0.2) is 0 Å². The first kappa shape index (κ1) is 13.9. The van der Waals surface area contributed by atoms with Crippen molar-refractivity contribution in [2.45, 2.75) is 38.5 Å². The lowest BCUT2D eigenvalue weighted by Gasteiger charge is -2.27. The van der Waals surface area contributed by atoms with E-state index in [1.807, 2.05) is 13.8 Å². The summed E-state index contributed by atoms with van der Waals surface area (Å²) in [5.41, 5.74) is 5.78. The molecule has 0 aromatic heterocycles. The molecule has 0 spiro atoms. The largest absolute Gasteiger partial charge is 0.391 e. The van der Waals surface area contributed by atoms with Crippen LogP contribution in [0.4, 0.5) is 0 Å². The smallest absolute Gasteiger partial charge is 0.242 e. The number of hydrogen-bond donors (Lipinski definition) is 3. The number of amides is 2. The van der Waals surface area contributed by atoms with E-state index in [0.29, 0.717) is 0 Å². The standard InChI is InChI=1S/C11H21N3O3/c1-6(2)9(12)11(17)14-5-7(15)4-8(14)10(16)13-3/h6-9,15H,4-5,12H2,1-3H3,(H,13,16)/t7?,8-,9?/m1/s1. The summed E-state index contributed by atoms with van der Waals surface area (Å²) in [5, 5.41) is 12.1. The molecule has 1 rings (SSSR count). The van der Waals surface area contributed by atoms with Crippen LogP contribution in [0.25, 0.3) is 0 Å². The molecule has 0 aromatic carbocycles. The molecule has 0 bridgehead atoms. The first-order valence-corrected chi connectivity index (χ1v) is 5.84. The third-order valence-corrected chi connectivity index (χ3v) is 3.11. The Kier molecular flexibility index (Phi) is 4.47. The van der Waals surface area contributed by atoms with Gasteiger partial charge >= 0.3 is 0 Å². The zero-order valence-corrected chi connectivity index (χ0v) is 10.5. The fourth-order valence-electron chi connectivity index (χ4n) is 1.95. The van der Waals surface area contributed by atoms with Gasteiger partial charge in [0.05, 0.1) is 12.1 Å². The van der Waals surface area contributed by atoms with Crippen LogP contribution >= 0.6 is 0 Å². The van der Waals surface area contributed by atoms with E-state index in [0.717, 1.165) is 0 Å². The minimum atomic E-state index is -0.652. The molecule has 2 unspecified atom stereocenters. The number of likely N-dealkylation sites (N-methyl/N-ethyl adjacent to an activating group) is 1. The zero-order valence-electron chi connectivity index (χ0n) is 10.5. The number of nitrogens with one attached hydrogen (secondary N) is 1. The topological polar surface area (TPSA) is 95.7 Å². The summed E-state index contributed by atoms with van der Waals surface area (Å²) in [6.45, 7) is 3.88. The van der Waals surface area contributed by atoms with Crippen LogP contribution in [-0.2, 0) is 9.59 Å². The highest BCUT2D eigenvalue weighted by atomic mass is 16.3. The molecule has 3 atom stereocenters. The maximum Gasteiger partial charge on any atom is 0.242 e.